The number of anilines is 1. The normalized spacial score (nSPS) is 16.6. The molecule has 2 fully saturated rings. The topological polar surface area (TPSA) is 95.6 Å². The Morgan fingerprint density at radius 1 is 0.956 bits per heavy atom. The number of piperidine rings is 1. The number of aromatic nitrogens is 1. The molecule has 0 bridgehead atoms. The highest BCUT2D eigenvalue weighted by molar-refractivity contribution is 8.26. The smallest absolute Gasteiger partial charge is 0.309 e. The maximum atomic E-state index is 13.6. The molecule has 0 saturated carbocycles. The molecule has 0 atom stereocenters. The van der Waals surface area contributed by atoms with Gasteiger partial charge in [-0.3, -0.25) is 23.9 Å². The van der Waals surface area contributed by atoms with Crippen LogP contribution >= 0.6 is 24.0 Å². The van der Waals surface area contributed by atoms with Crippen LogP contribution in [0.25, 0.3) is 6.08 Å². The van der Waals surface area contributed by atoms with Crippen molar-refractivity contribution in [2.75, 3.05) is 31.1 Å². The summed E-state index contributed by atoms with van der Waals surface area (Å²) in [4.78, 5) is 44.0. The average Bonchev–Trinajstić information content (AvgIpc) is 3.30. The van der Waals surface area contributed by atoms with Crippen LogP contribution in [-0.2, 0) is 20.9 Å². The van der Waals surface area contributed by atoms with Gasteiger partial charge in [0.05, 0.1) is 17.4 Å². The Kier molecular flexibility index (Phi) is 15.6. The van der Waals surface area contributed by atoms with Gasteiger partial charge in [-0.1, -0.05) is 102 Å². The summed E-state index contributed by atoms with van der Waals surface area (Å²) in [6.07, 6.45) is 17.0. The largest absolute Gasteiger partial charge is 0.466 e. The van der Waals surface area contributed by atoms with Gasteiger partial charge in [-0.25, -0.2) is 0 Å². The summed E-state index contributed by atoms with van der Waals surface area (Å²) >= 11 is 6.94. The molecular weight excluding hydrogens is 605 g/mol. The number of thioether (sulfide) groups is 1. The zero-order valence-corrected chi connectivity index (χ0v) is 29.5. The fraction of sp³-hybridized carbons (Fsp3) is 0.686. The second-order valence-corrected chi connectivity index (χ2v) is 13.9. The summed E-state index contributed by atoms with van der Waals surface area (Å²) in [5.41, 5.74) is 1.06. The first-order chi connectivity index (χ1) is 21.8. The lowest BCUT2D eigenvalue weighted by Gasteiger charge is -2.35. The number of carbonyl (C=O) groups is 2. The van der Waals surface area contributed by atoms with E-state index in [2.05, 4.69) is 24.8 Å². The Balaban J connectivity index is 1.80. The molecule has 1 amide bonds. The molecular formula is C35H52N4O4S2. The van der Waals surface area contributed by atoms with Crippen molar-refractivity contribution in [3.05, 3.63) is 31.9 Å². The first kappa shape index (κ1) is 36.8. The summed E-state index contributed by atoms with van der Waals surface area (Å²) in [6, 6.07) is 2.13. The molecule has 3 rings (SSSR count). The number of unbranched alkanes of at least 4 members (excludes halogenated alkanes) is 10. The number of rotatable bonds is 18. The number of hydrogen-bond donors (Lipinski definition) is 0. The molecule has 8 nitrogen and oxygen atoms in total. The van der Waals surface area contributed by atoms with E-state index >= 15 is 0 Å². The first-order valence-electron chi connectivity index (χ1n) is 17.1. The van der Waals surface area contributed by atoms with Crippen molar-refractivity contribution in [3.63, 3.8) is 0 Å². The second-order valence-electron chi connectivity index (χ2n) is 12.2. The Morgan fingerprint density at radius 2 is 1.56 bits per heavy atom. The lowest BCUT2D eigenvalue weighted by atomic mass is 9.95. The van der Waals surface area contributed by atoms with Gasteiger partial charge in [0.15, 0.2) is 0 Å². The third kappa shape index (κ3) is 9.92. The van der Waals surface area contributed by atoms with Gasteiger partial charge in [-0.05, 0) is 51.2 Å². The van der Waals surface area contributed by atoms with Crippen molar-refractivity contribution >= 4 is 52.1 Å². The maximum Gasteiger partial charge on any atom is 0.309 e. The number of pyridine rings is 1. The van der Waals surface area contributed by atoms with Crippen LogP contribution in [0.2, 0.25) is 0 Å². The van der Waals surface area contributed by atoms with Gasteiger partial charge in [0, 0.05) is 31.7 Å². The minimum atomic E-state index is -0.309. The van der Waals surface area contributed by atoms with Crippen LogP contribution in [0.4, 0.5) is 5.82 Å². The van der Waals surface area contributed by atoms with E-state index in [1.54, 1.807) is 16.4 Å². The van der Waals surface area contributed by atoms with Crippen LogP contribution in [0, 0.1) is 24.2 Å². The minimum absolute atomic E-state index is 0.100. The van der Waals surface area contributed by atoms with Gasteiger partial charge in [0.25, 0.3) is 11.5 Å². The molecule has 2 saturated heterocycles. The first-order valence-corrected chi connectivity index (χ1v) is 18.4. The van der Waals surface area contributed by atoms with Crippen molar-refractivity contribution < 1.29 is 14.3 Å². The van der Waals surface area contributed by atoms with Crippen molar-refractivity contribution in [2.24, 2.45) is 5.92 Å². The average molecular weight is 657 g/mol. The van der Waals surface area contributed by atoms with E-state index in [1.165, 1.54) is 63.1 Å². The van der Waals surface area contributed by atoms with Crippen molar-refractivity contribution in [1.82, 2.24) is 9.47 Å². The number of ether oxygens (including phenoxy) is 1. The molecule has 1 aromatic heterocycles. The minimum Gasteiger partial charge on any atom is -0.466 e. The maximum absolute atomic E-state index is 13.6. The van der Waals surface area contributed by atoms with Crippen molar-refractivity contribution in [3.8, 4) is 6.07 Å². The quantitative estimate of drug-likeness (QED) is 0.0686. The Labute approximate surface area is 279 Å². The van der Waals surface area contributed by atoms with Gasteiger partial charge < -0.3 is 9.64 Å². The highest BCUT2D eigenvalue weighted by atomic mass is 32.2. The molecule has 0 aromatic carbocycles. The molecule has 248 valence electrons. The van der Waals surface area contributed by atoms with E-state index in [1.807, 2.05) is 13.0 Å². The molecule has 3 heterocycles. The number of nitrogens with zero attached hydrogens (tertiary/aromatic N) is 4. The van der Waals surface area contributed by atoms with E-state index in [0.29, 0.717) is 71.8 Å². The van der Waals surface area contributed by atoms with Crippen LogP contribution in [0.5, 0.6) is 0 Å². The van der Waals surface area contributed by atoms with Crippen molar-refractivity contribution in [1.29, 1.82) is 5.26 Å². The van der Waals surface area contributed by atoms with Crippen molar-refractivity contribution in [2.45, 2.75) is 124 Å². The number of thiocarbonyl (C=S) groups is 1. The van der Waals surface area contributed by atoms with E-state index in [4.69, 9.17) is 17.0 Å². The SMILES string of the molecule is CCCCCCCCCCCCN1C(=O)C(=Cc2c(C)c(C#N)c(=O)n(CCCC)c2N2CCC(C(=O)OCC)CC2)SC1=S. The second kappa shape index (κ2) is 19.1. The van der Waals surface area contributed by atoms with Gasteiger partial charge in [0.1, 0.15) is 21.8 Å². The molecule has 2 aliphatic heterocycles. The van der Waals surface area contributed by atoms with E-state index in [-0.39, 0.29) is 28.9 Å². The standard InChI is InChI=1S/C35H52N4O4S2/c1-5-8-10-11-12-13-14-15-16-17-21-39-33(41)30(45-35(39)44)24-28-26(4)29(25-36)32(40)38(20-9-6-2)31(28)37-22-18-27(19-23-37)34(42)43-7-3/h24,27H,5-23H2,1-4H3. The molecule has 0 N–H and O–H groups in total. The van der Waals surface area contributed by atoms with Crippen LogP contribution in [0.1, 0.15) is 127 Å². The summed E-state index contributed by atoms with van der Waals surface area (Å²) in [6.45, 7) is 10.5. The Morgan fingerprint density at radius 3 is 2.13 bits per heavy atom. The molecule has 2 aliphatic rings. The number of amides is 1. The number of hydrogen-bond acceptors (Lipinski definition) is 8. The highest BCUT2D eigenvalue weighted by Crippen LogP contribution is 2.37. The molecule has 1 aromatic rings. The van der Waals surface area contributed by atoms with Gasteiger partial charge in [-0.2, -0.15) is 5.26 Å². The third-order valence-electron chi connectivity index (χ3n) is 8.88. The lowest BCUT2D eigenvalue weighted by Crippen LogP contribution is -2.41. The zero-order chi connectivity index (χ0) is 32.8. The van der Waals surface area contributed by atoms with Crippen LogP contribution in [0.3, 0.4) is 0 Å². The van der Waals surface area contributed by atoms with Gasteiger partial charge in [0.2, 0.25) is 0 Å². The van der Waals surface area contributed by atoms with Crippen LogP contribution in [-0.4, -0.2) is 51.9 Å². The van der Waals surface area contributed by atoms with Crippen LogP contribution < -0.4 is 10.5 Å². The molecule has 0 unspecified atom stereocenters. The Bertz CT molecular complexity index is 1310. The third-order valence-corrected chi connectivity index (χ3v) is 10.3. The lowest BCUT2D eigenvalue weighted by molar-refractivity contribution is -0.148. The molecule has 0 radical (unpaired) electrons. The highest BCUT2D eigenvalue weighted by Gasteiger charge is 2.34. The number of esters is 1. The Hall–Kier alpha value is -2.64. The van der Waals surface area contributed by atoms with Crippen LogP contribution in [0.15, 0.2) is 9.70 Å². The predicted molar refractivity (Wildman–Crippen MR) is 188 cm³/mol. The zero-order valence-electron chi connectivity index (χ0n) is 27.8. The number of nitriles is 1. The summed E-state index contributed by atoms with van der Waals surface area (Å²) in [5, 5.41) is 9.99. The summed E-state index contributed by atoms with van der Waals surface area (Å²) in [5.74, 6) is 0.245. The predicted octanol–water partition coefficient (Wildman–Crippen LogP) is 7.73. The molecule has 0 spiro atoms. The monoisotopic (exact) mass is 656 g/mol. The summed E-state index contributed by atoms with van der Waals surface area (Å²) < 4.78 is 7.52. The fourth-order valence-corrected chi connectivity index (χ4v) is 7.47. The van der Waals surface area contributed by atoms with Gasteiger partial charge >= 0.3 is 5.97 Å². The molecule has 45 heavy (non-hydrogen) atoms. The summed E-state index contributed by atoms with van der Waals surface area (Å²) in [7, 11) is 0. The number of carbonyl (C=O) groups excluding carboxylic acids is 2. The van der Waals surface area contributed by atoms with E-state index in [9.17, 15) is 19.6 Å². The van der Waals surface area contributed by atoms with E-state index < -0.39 is 0 Å². The fourth-order valence-electron chi connectivity index (χ4n) is 6.18. The molecule has 10 heteroatoms. The molecule has 0 aliphatic carbocycles. The van der Waals surface area contributed by atoms with E-state index in [0.717, 1.165) is 25.7 Å². The van der Waals surface area contributed by atoms with Gasteiger partial charge in [-0.15, -0.1) is 0 Å².